The fraction of sp³-hybridized carbons (Fsp3) is 0.684. The average Bonchev–Trinajstić information content (AvgIpc) is 2.48. The maximum absolute atomic E-state index is 6.55. The van der Waals surface area contributed by atoms with Gasteiger partial charge >= 0.3 is 0 Å². The Bertz CT molecular complexity index is 461. The third kappa shape index (κ3) is 4.23. The lowest BCUT2D eigenvalue weighted by Crippen LogP contribution is -2.26. The lowest BCUT2D eigenvalue weighted by Gasteiger charge is -2.33. The summed E-state index contributed by atoms with van der Waals surface area (Å²) in [7, 11) is 0. The van der Waals surface area contributed by atoms with Gasteiger partial charge in [0, 0.05) is 11.1 Å². The average molecular weight is 308 g/mol. The number of benzene rings is 1. The van der Waals surface area contributed by atoms with Crippen LogP contribution in [0.4, 0.5) is 0 Å². The Morgan fingerprint density at radius 2 is 1.76 bits per heavy atom. The number of unbranched alkanes of at least 4 members (excludes halogenated alkanes) is 1. The van der Waals surface area contributed by atoms with E-state index >= 15 is 0 Å². The van der Waals surface area contributed by atoms with Gasteiger partial charge in [-0.05, 0) is 61.3 Å². The van der Waals surface area contributed by atoms with Gasteiger partial charge in [0.25, 0.3) is 0 Å². The summed E-state index contributed by atoms with van der Waals surface area (Å²) in [5.74, 6) is 1.53. The maximum Gasteiger partial charge on any atom is 0.0456 e. The van der Waals surface area contributed by atoms with Gasteiger partial charge in [0.05, 0.1) is 0 Å². The molecule has 0 aromatic heterocycles. The molecule has 1 aromatic carbocycles. The van der Waals surface area contributed by atoms with Crippen molar-refractivity contribution in [1.29, 1.82) is 0 Å². The molecule has 0 spiro atoms. The molecule has 0 bridgehead atoms. The van der Waals surface area contributed by atoms with Gasteiger partial charge in [0.15, 0.2) is 0 Å². The molecule has 0 radical (unpaired) electrons. The molecule has 1 saturated carbocycles. The van der Waals surface area contributed by atoms with Crippen LogP contribution in [0.2, 0.25) is 5.02 Å². The van der Waals surface area contributed by atoms with E-state index in [4.69, 9.17) is 17.3 Å². The Hall–Kier alpha value is -0.530. The molecule has 0 saturated heterocycles. The Morgan fingerprint density at radius 1 is 1.14 bits per heavy atom. The predicted molar refractivity (Wildman–Crippen MR) is 92.8 cm³/mol. The molecule has 118 valence electrons. The van der Waals surface area contributed by atoms with Crippen LogP contribution in [-0.2, 0) is 0 Å². The van der Waals surface area contributed by atoms with E-state index in [0.717, 1.165) is 16.5 Å². The summed E-state index contributed by atoms with van der Waals surface area (Å²) < 4.78 is 0. The van der Waals surface area contributed by atoms with Gasteiger partial charge in [-0.25, -0.2) is 0 Å². The first-order chi connectivity index (χ1) is 10.0. The highest BCUT2D eigenvalue weighted by atomic mass is 35.5. The van der Waals surface area contributed by atoms with Crippen molar-refractivity contribution in [2.24, 2.45) is 17.6 Å². The molecule has 2 rings (SSSR count). The molecular weight excluding hydrogens is 278 g/mol. The standard InChI is InChI=1S/C19H30ClN/c1-4-5-6-15-7-9-16(10-8-15)19(21)17-11-13(2)14(3)12-18(17)20/h11-12,15-16,19H,4-10,21H2,1-3H3. The Morgan fingerprint density at radius 3 is 2.38 bits per heavy atom. The Labute approximate surface area is 135 Å². The highest BCUT2D eigenvalue weighted by Gasteiger charge is 2.27. The topological polar surface area (TPSA) is 26.0 Å². The fourth-order valence-corrected chi connectivity index (χ4v) is 3.99. The molecule has 1 atom stereocenters. The van der Waals surface area contributed by atoms with Crippen molar-refractivity contribution in [3.05, 3.63) is 33.8 Å². The van der Waals surface area contributed by atoms with Gasteiger partial charge in [-0.1, -0.05) is 56.7 Å². The van der Waals surface area contributed by atoms with Crippen molar-refractivity contribution in [2.75, 3.05) is 0 Å². The minimum Gasteiger partial charge on any atom is -0.324 e. The number of hydrogen-bond acceptors (Lipinski definition) is 1. The summed E-state index contributed by atoms with van der Waals surface area (Å²) in [6.07, 6.45) is 9.32. The Kier molecular flexibility index (Phi) is 6.13. The van der Waals surface area contributed by atoms with E-state index in [9.17, 15) is 0 Å². The first-order valence-electron chi connectivity index (χ1n) is 8.55. The van der Waals surface area contributed by atoms with Crippen LogP contribution in [0.5, 0.6) is 0 Å². The summed E-state index contributed by atoms with van der Waals surface area (Å²) in [4.78, 5) is 0. The van der Waals surface area contributed by atoms with Crippen LogP contribution >= 0.6 is 11.6 Å². The van der Waals surface area contributed by atoms with E-state index < -0.39 is 0 Å². The van der Waals surface area contributed by atoms with Gasteiger partial charge < -0.3 is 5.73 Å². The summed E-state index contributed by atoms with van der Waals surface area (Å²) in [5, 5.41) is 0.846. The lowest BCUT2D eigenvalue weighted by atomic mass is 9.75. The highest BCUT2D eigenvalue weighted by Crippen LogP contribution is 2.39. The first kappa shape index (κ1) is 16.8. The predicted octanol–water partition coefficient (Wildman–Crippen LogP) is 5.95. The summed E-state index contributed by atoms with van der Waals surface area (Å²) in [5.41, 5.74) is 10.2. The van der Waals surface area contributed by atoms with Gasteiger partial charge in [-0.3, -0.25) is 0 Å². The number of aryl methyl sites for hydroxylation is 2. The van der Waals surface area contributed by atoms with Crippen LogP contribution in [0, 0.1) is 25.7 Å². The summed E-state index contributed by atoms with van der Waals surface area (Å²) >= 11 is 6.43. The second kappa shape index (κ2) is 7.65. The molecule has 0 aliphatic heterocycles. The van der Waals surface area contributed by atoms with Crippen LogP contribution in [-0.4, -0.2) is 0 Å². The van der Waals surface area contributed by atoms with Crippen LogP contribution in [0.1, 0.15) is 74.6 Å². The van der Waals surface area contributed by atoms with Gasteiger partial charge in [0.2, 0.25) is 0 Å². The van der Waals surface area contributed by atoms with Crippen LogP contribution in [0.25, 0.3) is 0 Å². The van der Waals surface area contributed by atoms with Crippen molar-refractivity contribution in [2.45, 2.75) is 71.8 Å². The van der Waals surface area contributed by atoms with E-state index in [2.05, 4.69) is 32.9 Å². The SMILES string of the molecule is CCCCC1CCC(C(N)c2cc(C)c(C)cc2Cl)CC1. The normalized spacial score (nSPS) is 24.0. The summed E-state index contributed by atoms with van der Waals surface area (Å²) in [6, 6.07) is 4.37. The minimum absolute atomic E-state index is 0.101. The maximum atomic E-state index is 6.55. The van der Waals surface area contributed by atoms with Crippen molar-refractivity contribution in [1.82, 2.24) is 0 Å². The third-order valence-electron chi connectivity index (χ3n) is 5.34. The van der Waals surface area contributed by atoms with Crippen LogP contribution in [0.15, 0.2) is 12.1 Å². The van der Waals surface area contributed by atoms with Gasteiger partial charge in [0.1, 0.15) is 0 Å². The minimum atomic E-state index is 0.101. The number of nitrogens with two attached hydrogens (primary N) is 1. The molecule has 1 unspecified atom stereocenters. The van der Waals surface area contributed by atoms with E-state index in [-0.39, 0.29) is 6.04 Å². The molecule has 0 heterocycles. The zero-order valence-corrected chi connectivity index (χ0v) is 14.5. The first-order valence-corrected chi connectivity index (χ1v) is 8.93. The molecule has 1 aromatic rings. The van der Waals surface area contributed by atoms with Crippen molar-refractivity contribution in [3.63, 3.8) is 0 Å². The number of rotatable bonds is 5. The fourth-order valence-electron chi connectivity index (χ4n) is 3.64. The molecule has 1 fully saturated rings. The molecule has 1 aliphatic carbocycles. The Balaban J connectivity index is 1.99. The molecule has 1 aliphatic rings. The number of halogens is 1. The van der Waals surface area contributed by atoms with Gasteiger partial charge in [-0.15, -0.1) is 0 Å². The molecule has 2 heteroatoms. The second-order valence-electron chi connectivity index (χ2n) is 6.91. The second-order valence-corrected chi connectivity index (χ2v) is 7.31. The quantitative estimate of drug-likeness (QED) is 0.714. The van der Waals surface area contributed by atoms with E-state index in [1.807, 2.05) is 0 Å². The zero-order chi connectivity index (χ0) is 15.4. The number of hydrogen-bond donors (Lipinski definition) is 1. The molecule has 21 heavy (non-hydrogen) atoms. The van der Waals surface area contributed by atoms with E-state index in [0.29, 0.717) is 5.92 Å². The smallest absolute Gasteiger partial charge is 0.0456 e. The van der Waals surface area contributed by atoms with E-state index in [1.54, 1.807) is 0 Å². The summed E-state index contributed by atoms with van der Waals surface area (Å²) in [6.45, 7) is 6.53. The molecular formula is C19H30ClN. The van der Waals surface area contributed by atoms with Crippen molar-refractivity contribution < 1.29 is 0 Å². The van der Waals surface area contributed by atoms with Crippen molar-refractivity contribution >= 4 is 11.6 Å². The largest absolute Gasteiger partial charge is 0.324 e. The van der Waals surface area contributed by atoms with Crippen LogP contribution in [0.3, 0.4) is 0 Å². The lowest BCUT2D eigenvalue weighted by molar-refractivity contribution is 0.232. The molecule has 0 amide bonds. The molecule has 1 nitrogen and oxygen atoms in total. The van der Waals surface area contributed by atoms with Crippen LogP contribution < -0.4 is 5.73 Å². The highest BCUT2D eigenvalue weighted by molar-refractivity contribution is 6.31. The van der Waals surface area contributed by atoms with Gasteiger partial charge in [-0.2, -0.15) is 0 Å². The van der Waals surface area contributed by atoms with Crippen molar-refractivity contribution in [3.8, 4) is 0 Å². The monoisotopic (exact) mass is 307 g/mol. The zero-order valence-electron chi connectivity index (χ0n) is 13.8. The molecule has 2 N–H and O–H groups in total. The van der Waals surface area contributed by atoms with E-state index in [1.165, 1.54) is 56.1 Å². The third-order valence-corrected chi connectivity index (χ3v) is 5.66.